The zero-order valence-electron chi connectivity index (χ0n) is 9.81. The lowest BCUT2D eigenvalue weighted by atomic mass is 10.6. The van der Waals surface area contributed by atoms with Crippen molar-refractivity contribution >= 4 is 16.6 Å². The van der Waals surface area contributed by atoms with E-state index in [0.717, 1.165) is 5.54 Å². The van der Waals surface area contributed by atoms with Gasteiger partial charge in [-0.1, -0.05) is 26.2 Å². The van der Waals surface area contributed by atoms with Gasteiger partial charge in [-0.2, -0.15) is 0 Å². The molecule has 0 unspecified atom stereocenters. The van der Waals surface area contributed by atoms with Gasteiger partial charge >= 0.3 is 0 Å². The molecule has 0 aromatic rings. The molecule has 0 aliphatic heterocycles. The van der Waals surface area contributed by atoms with Crippen molar-refractivity contribution in [3.8, 4) is 0 Å². The molecule has 0 aromatic carbocycles. The maximum absolute atomic E-state index is 6.47. The van der Waals surface area contributed by atoms with E-state index >= 15 is 0 Å². The Balaban J connectivity index is 2.44. The van der Waals surface area contributed by atoms with Gasteiger partial charge in [-0.15, -0.1) is 0 Å². The Bertz CT molecular complexity index is 174. The minimum absolute atomic E-state index is 0.983. The van der Waals surface area contributed by atoms with Crippen LogP contribution in [0.25, 0.3) is 0 Å². The van der Waals surface area contributed by atoms with E-state index in [1.165, 1.54) is 25.3 Å². The molecule has 13 heavy (non-hydrogen) atoms. The SMILES string of the molecule is CCC[Si](C)(C)O[Si](C)(C)C1CC1. The smallest absolute Gasteiger partial charge is 0.176 e. The first-order valence-electron chi connectivity index (χ1n) is 5.57. The second-order valence-electron chi connectivity index (χ2n) is 5.49. The van der Waals surface area contributed by atoms with E-state index < -0.39 is 16.6 Å². The molecule has 1 saturated carbocycles. The molecule has 0 spiro atoms. The number of hydrogen-bond acceptors (Lipinski definition) is 1. The van der Waals surface area contributed by atoms with Gasteiger partial charge in [0, 0.05) is 0 Å². The Morgan fingerprint density at radius 3 is 2.08 bits per heavy atom. The molecule has 1 aliphatic carbocycles. The lowest BCUT2D eigenvalue weighted by Gasteiger charge is -2.34. The predicted molar refractivity (Wildman–Crippen MR) is 64.1 cm³/mol. The fourth-order valence-corrected chi connectivity index (χ4v) is 11.8. The molecule has 1 aliphatic rings. The lowest BCUT2D eigenvalue weighted by Crippen LogP contribution is -2.44. The molecular weight excluding hydrogens is 192 g/mol. The van der Waals surface area contributed by atoms with Crippen molar-refractivity contribution in [1.29, 1.82) is 0 Å². The summed E-state index contributed by atoms with van der Waals surface area (Å²) in [6, 6.07) is 1.33. The average molecular weight is 216 g/mol. The molecular formula is C10H24OSi2. The van der Waals surface area contributed by atoms with Crippen LogP contribution in [0.4, 0.5) is 0 Å². The van der Waals surface area contributed by atoms with Crippen LogP contribution in [-0.2, 0) is 4.12 Å². The van der Waals surface area contributed by atoms with Crippen LogP contribution >= 0.6 is 0 Å². The van der Waals surface area contributed by atoms with Crippen LogP contribution in [0, 0.1) is 0 Å². The van der Waals surface area contributed by atoms with E-state index in [9.17, 15) is 0 Å². The molecule has 1 rings (SSSR count). The fourth-order valence-electron chi connectivity index (χ4n) is 2.23. The Kier molecular flexibility index (Phi) is 3.41. The Morgan fingerprint density at radius 2 is 1.69 bits per heavy atom. The van der Waals surface area contributed by atoms with E-state index in [-0.39, 0.29) is 0 Å². The normalized spacial score (nSPS) is 19.2. The molecule has 0 bridgehead atoms. The van der Waals surface area contributed by atoms with E-state index in [1.54, 1.807) is 0 Å². The van der Waals surface area contributed by atoms with Crippen molar-refractivity contribution < 1.29 is 4.12 Å². The number of rotatable bonds is 5. The summed E-state index contributed by atoms with van der Waals surface area (Å²) >= 11 is 0. The van der Waals surface area contributed by atoms with E-state index in [2.05, 4.69) is 33.1 Å². The average Bonchev–Trinajstić information content (AvgIpc) is 2.62. The fraction of sp³-hybridized carbons (Fsp3) is 1.00. The van der Waals surface area contributed by atoms with Crippen molar-refractivity contribution in [2.24, 2.45) is 0 Å². The monoisotopic (exact) mass is 216 g/mol. The summed E-state index contributed by atoms with van der Waals surface area (Å²) in [7, 11) is -2.58. The minimum Gasteiger partial charge on any atom is -0.455 e. The van der Waals surface area contributed by atoms with Gasteiger partial charge < -0.3 is 4.12 Å². The lowest BCUT2D eigenvalue weighted by molar-refractivity contribution is 0.534. The van der Waals surface area contributed by atoms with Crippen LogP contribution in [0.5, 0.6) is 0 Å². The van der Waals surface area contributed by atoms with Gasteiger partial charge in [-0.05, 0) is 37.8 Å². The first-order chi connectivity index (χ1) is 5.87. The summed E-state index contributed by atoms with van der Waals surface area (Å²) in [5.74, 6) is 0. The van der Waals surface area contributed by atoms with E-state index in [0.29, 0.717) is 0 Å². The highest BCUT2D eigenvalue weighted by Gasteiger charge is 2.44. The Hall–Kier alpha value is 0.394. The molecule has 0 saturated heterocycles. The summed E-state index contributed by atoms with van der Waals surface area (Å²) in [6.07, 6.45) is 4.17. The molecule has 1 nitrogen and oxygen atoms in total. The molecule has 1 fully saturated rings. The van der Waals surface area contributed by atoms with Gasteiger partial charge in [0.1, 0.15) is 0 Å². The van der Waals surface area contributed by atoms with Crippen LogP contribution in [0.3, 0.4) is 0 Å². The van der Waals surface area contributed by atoms with Crippen molar-refractivity contribution in [2.45, 2.75) is 64.0 Å². The molecule has 0 aromatic heterocycles. The summed E-state index contributed by atoms with van der Waals surface area (Å²) in [5.41, 5.74) is 0.983. The van der Waals surface area contributed by atoms with E-state index in [4.69, 9.17) is 4.12 Å². The van der Waals surface area contributed by atoms with Crippen LogP contribution in [0.2, 0.25) is 37.8 Å². The molecule has 0 radical (unpaired) electrons. The maximum atomic E-state index is 6.47. The highest BCUT2D eigenvalue weighted by atomic mass is 28.4. The third kappa shape index (κ3) is 3.56. The first kappa shape index (κ1) is 11.5. The summed E-state index contributed by atoms with van der Waals surface area (Å²) < 4.78 is 6.47. The van der Waals surface area contributed by atoms with Crippen molar-refractivity contribution in [1.82, 2.24) is 0 Å². The quantitative estimate of drug-likeness (QED) is 0.632. The van der Waals surface area contributed by atoms with E-state index in [1.807, 2.05) is 0 Å². The minimum atomic E-state index is -1.30. The Labute approximate surface area is 85.1 Å². The molecule has 0 atom stereocenters. The predicted octanol–water partition coefficient (Wildman–Crippen LogP) is 3.99. The van der Waals surface area contributed by atoms with Gasteiger partial charge in [0.2, 0.25) is 0 Å². The summed E-state index contributed by atoms with van der Waals surface area (Å²) in [4.78, 5) is 0. The van der Waals surface area contributed by atoms with Crippen LogP contribution in [-0.4, -0.2) is 16.6 Å². The molecule has 0 amide bonds. The second kappa shape index (κ2) is 3.87. The van der Waals surface area contributed by atoms with Crippen molar-refractivity contribution in [3.63, 3.8) is 0 Å². The van der Waals surface area contributed by atoms with Crippen LogP contribution in [0.15, 0.2) is 0 Å². The largest absolute Gasteiger partial charge is 0.455 e. The third-order valence-electron chi connectivity index (χ3n) is 2.95. The topological polar surface area (TPSA) is 9.23 Å². The van der Waals surface area contributed by atoms with Gasteiger partial charge in [-0.25, -0.2) is 0 Å². The van der Waals surface area contributed by atoms with Gasteiger partial charge in [0.25, 0.3) is 0 Å². The molecule has 78 valence electrons. The highest BCUT2D eigenvalue weighted by molar-refractivity contribution is 6.85. The number of hydrogen-bond donors (Lipinski definition) is 0. The standard InChI is InChI=1S/C10H24OSi2/c1-6-9-12(2,3)11-13(4,5)10-7-8-10/h10H,6-9H2,1-5H3. The molecule has 3 heteroatoms. The van der Waals surface area contributed by atoms with Gasteiger partial charge in [0.15, 0.2) is 16.6 Å². The highest BCUT2D eigenvalue weighted by Crippen LogP contribution is 2.46. The zero-order chi connectivity index (χ0) is 10.1. The molecule has 0 heterocycles. The Morgan fingerprint density at radius 1 is 1.15 bits per heavy atom. The maximum Gasteiger partial charge on any atom is 0.176 e. The van der Waals surface area contributed by atoms with Crippen molar-refractivity contribution in [3.05, 3.63) is 0 Å². The summed E-state index contributed by atoms with van der Waals surface area (Å²) in [6.45, 7) is 11.9. The third-order valence-corrected chi connectivity index (χ3v) is 11.5. The second-order valence-corrected chi connectivity index (χ2v) is 14.3. The molecule has 0 N–H and O–H groups in total. The zero-order valence-corrected chi connectivity index (χ0v) is 11.8. The summed E-state index contributed by atoms with van der Waals surface area (Å²) in [5, 5.41) is 0. The first-order valence-corrected chi connectivity index (χ1v) is 11.7. The van der Waals surface area contributed by atoms with Gasteiger partial charge in [-0.3, -0.25) is 0 Å². The van der Waals surface area contributed by atoms with Crippen LogP contribution in [0.1, 0.15) is 26.2 Å². The van der Waals surface area contributed by atoms with Gasteiger partial charge in [0.05, 0.1) is 0 Å². The van der Waals surface area contributed by atoms with Crippen molar-refractivity contribution in [2.75, 3.05) is 0 Å². The van der Waals surface area contributed by atoms with Crippen LogP contribution < -0.4 is 0 Å².